The third-order valence-corrected chi connectivity index (χ3v) is 3.22. The van der Waals surface area contributed by atoms with E-state index in [-0.39, 0.29) is 12.0 Å². The molecular weight excluding hydrogens is 228 g/mol. The van der Waals surface area contributed by atoms with Gasteiger partial charge in [-0.15, -0.1) is 0 Å². The molecule has 2 rings (SSSR count). The van der Waals surface area contributed by atoms with Crippen molar-refractivity contribution in [2.24, 2.45) is 5.92 Å². The Morgan fingerprint density at radius 2 is 2.33 bits per heavy atom. The summed E-state index contributed by atoms with van der Waals surface area (Å²) in [5.41, 5.74) is 0.858. The van der Waals surface area contributed by atoms with Gasteiger partial charge in [-0.3, -0.25) is 0 Å². The number of ether oxygens (including phenoxy) is 2. The summed E-state index contributed by atoms with van der Waals surface area (Å²) in [6.07, 6.45) is 2.05. The first-order valence-corrected chi connectivity index (χ1v) is 6.22. The Labute approximate surface area is 108 Å². The summed E-state index contributed by atoms with van der Waals surface area (Å²) in [6, 6.07) is 9.74. The van der Waals surface area contributed by atoms with Crippen LogP contribution in [-0.2, 0) is 4.74 Å². The minimum atomic E-state index is -0.235. The molecule has 4 heteroatoms. The molecule has 2 unspecified atom stereocenters. The van der Waals surface area contributed by atoms with Crippen LogP contribution in [0, 0.1) is 17.2 Å². The minimum absolute atomic E-state index is 0.235. The van der Waals surface area contributed by atoms with E-state index in [0.29, 0.717) is 6.61 Å². The number of methoxy groups -OCH3 is 1. The van der Waals surface area contributed by atoms with Gasteiger partial charge in [0.25, 0.3) is 0 Å². The highest BCUT2D eigenvalue weighted by Gasteiger charge is 2.24. The Hall–Kier alpha value is -1.73. The van der Waals surface area contributed by atoms with Crippen LogP contribution < -0.4 is 10.1 Å². The van der Waals surface area contributed by atoms with E-state index in [9.17, 15) is 5.26 Å². The van der Waals surface area contributed by atoms with Gasteiger partial charge >= 0.3 is 0 Å². The Morgan fingerprint density at radius 3 is 3.00 bits per heavy atom. The SMILES string of the molecule is COc1ccccc1NC(C#N)C1CCCOC1. The first-order valence-electron chi connectivity index (χ1n) is 6.22. The average molecular weight is 246 g/mol. The second kappa shape index (κ2) is 6.27. The molecule has 1 aliphatic heterocycles. The molecule has 96 valence electrons. The van der Waals surface area contributed by atoms with Crippen molar-refractivity contribution in [1.82, 2.24) is 0 Å². The molecule has 0 aromatic heterocycles. The van der Waals surface area contributed by atoms with Gasteiger partial charge in [-0.1, -0.05) is 12.1 Å². The summed E-state index contributed by atoms with van der Waals surface area (Å²) in [4.78, 5) is 0. The maximum absolute atomic E-state index is 9.29. The molecule has 1 aliphatic rings. The van der Waals surface area contributed by atoms with Gasteiger partial charge in [0.05, 0.1) is 25.5 Å². The summed E-state index contributed by atoms with van der Waals surface area (Å²) in [6.45, 7) is 1.46. The van der Waals surface area contributed by atoms with Crippen molar-refractivity contribution in [2.45, 2.75) is 18.9 Å². The quantitative estimate of drug-likeness (QED) is 0.886. The van der Waals surface area contributed by atoms with E-state index in [4.69, 9.17) is 9.47 Å². The van der Waals surface area contributed by atoms with E-state index in [1.165, 1.54) is 0 Å². The molecule has 1 heterocycles. The predicted molar refractivity (Wildman–Crippen MR) is 69.6 cm³/mol. The van der Waals surface area contributed by atoms with Gasteiger partial charge in [0.2, 0.25) is 0 Å². The number of nitriles is 1. The number of para-hydroxylation sites is 2. The molecule has 1 aromatic carbocycles. The highest BCUT2D eigenvalue weighted by atomic mass is 16.5. The van der Waals surface area contributed by atoms with E-state index in [1.807, 2.05) is 24.3 Å². The fourth-order valence-corrected chi connectivity index (χ4v) is 2.22. The zero-order valence-electron chi connectivity index (χ0n) is 10.6. The first kappa shape index (κ1) is 12.7. The summed E-state index contributed by atoms with van der Waals surface area (Å²) < 4.78 is 10.7. The number of anilines is 1. The number of nitrogens with one attached hydrogen (secondary N) is 1. The molecule has 1 saturated heterocycles. The van der Waals surface area contributed by atoms with Crippen LogP contribution in [0.15, 0.2) is 24.3 Å². The van der Waals surface area contributed by atoms with Gasteiger partial charge in [0, 0.05) is 12.5 Å². The normalized spacial score (nSPS) is 20.8. The second-order valence-electron chi connectivity index (χ2n) is 4.43. The van der Waals surface area contributed by atoms with Crippen LogP contribution >= 0.6 is 0 Å². The molecular formula is C14H18N2O2. The van der Waals surface area contributed by atoms with E-state index in [0.717, 1.165) is 30.9 Å². The van der Waals surface area contributed by atoms with Gasteiger partial charge in [-0.25, -0.2) is 0 Å². The van der Waals surface area contributed by atoms with Gasteiger partial charge < -0.3 is 14.8 Å². The highest BCUT2D eigenvalue weighted by molar-refractivity contribution is 5.57. The maximum Gasteiger partial charge on any atom is 0.141 e. The number of rotatable bonds is 4. The average Bonchev–Trinajstić information content (AvgIpc) is 2.46. The fraction of sp³-hybridized carbons (Fsp3) is 0.500. The Kier molecular flexibility index (Phi) is 4.43. The van der Waals surface area contributed by atoms with E-state index in [1.54, 1.807) is 7.11 Å². The topological polar surface area (TPSA) is 54.3 Å². The van der Waals surface area contributed by atoms with Crippen molar-refractivity contribution >= 4 is 5.69 Å². The summed E-state index contributed by atoms with van der Waals surface area (Å²) >= 11 is 0. The van der Waals surface area contributed by atoms with Crippen LogP contribution in [0.2, 0.25) is 0 Å². The lowest BCUT2D eigenvalue weighted by Gasteiger charge is -2.27. The third-order valence-electron chi connectivity index (χ3n) is 3.22. The van der Waals surface area contributed by atoms with Crippen LogP contribution in [0.3, 0.4) is 0 Å². The molecule has 0 aliphatic carbocycles. The van der Waals surface area contributed by atoms with Crippen LogP contribution in [0.4, 0.5) is 5.69 Å². The van der Waals surface area contributed by atoms with Crippen molar-refractivity contribution in [2.75, 3.05) is 25.6 Å². The van der Waals surface area contributed by atoms with Crippen molar-refractivity contribution in [3.8, 4) is 11.8 Å². The first-order chi connectivity index (χ1) is 8.85. The van der Waals surface area contributed by atoms with Crippen molar-refractivity contribution in [3.05, 3.63) is 24.3 Å². The maximum atomic E-state index is 9.29. The summed E-state index contributed by atoms with van der Waals surface area (Å²) in [5, 5.41) is 12.5. The highest BCUT2D eigenvalue weighted by Crippen LogP contribution is 2.27. The summed E-state index contributed by atoms with van der Waals surface area (Å²) in [7, 11) is 1.63. The molecule has 2 atom stereocenters. The molecule has 1 aromatic rings. The molecule has 0 spiro atoms. The lowest BCUT2D eigenvalue weighted by molar-refractivity contribution is 0.0532. The molecule has 1 N–H and O–H groups in total. The predicted octanol–water partition coefficient (Wildman–Crippen LogP) is 2.43. The Bertz CT molecular complexity index is 422. The fourth-order valence-electron chi connectivity index (χ4n) is 2.22. The van der Waals surface area contributed by atoms with Gasteiger partial charge in [0.1, 0.15) is 11.8 Å². The van der Waals surface area contributed by atoms with Crippen molar-refractivity contribution < 1.29 is 9.47 Å². The Morgan fingerprint density at radius 1 is 1.50 bits per heavy atom. The van der Waals surface area contributed by atoms with E-state index in [2.05, 4.69) is 11.4 Å². The van der Waals surface area contributed by atoms with Crippen LogP contribution in [0.5, 0.6) is 5.75 Å². The monoisotopic (exact) mass is 246 g/mol. The third kappa shape index (κ3) is 2.93. The van der Waals surface area contributed by atoms with Gasteiger partial charge in [0.15, 0.2) is 0 Å². The van der Waals surface area contributed by atoms with Crippen molar-refractivity contribution in [3.63, 3.8) is 0 Å². The second-order valence-corrected chi connectivity index (χ2v) is 4.43. The molecule has 0 saturated carbocycles. The molecule has 18 heavy (non-hydrogen) atoms. The van der Waals surface area contributed by atoms with Crippen LogP contribution in [-0.4, -0.2) is 26.4 Å². The molecule has 0 radical (unpaired) electrons. The number of nitrogens with zero attached hydrogens (tertiary/aromatic N) is 1. The van der Waals surface area contributed by atoms with E-state index < -0.39 is 0 Å². The number of benzene rings is 1. The van der Waals surface area contributed by atoms with Gasteiger partial charge in [-0.05, 0) is 25.0 Å². The lowest BCUT2D eigenvalue weighted by Crippen LogP contribution is -2.33. The Balaban J connectivity index is 2.07. The number of hydrogen-bond acceptors (Lipinski definition) is 4. The molecule has 1 fully saturated rings. The number of hydrogen-bond donors (Lipinski definition) is 1. The molecule has 0 amide bonds. The van der Waals surface area contributed by atoms with Crippen LogP contribution in [0.25, 0.3) is 0 Å². The standard InChI is InChI=1S/C14H18N2O2/c1-17-14-7-3-2-6-12(14)16-13(9-15)11-5-4-8-18-10-11/h2-3,6-7,11,13,16H,4-5,8,10H2,1H3. The summed E-state index contributed by atoms with van der Waals surface area (Å²) in [5.74, 6) is 1.00. The molecule has 4 nitrogen and oxygen atoms in total. The van der Waals surface area contributed by atoms with Crippen LogP contribution in [0.1, 0.15) is 12.8 Å². The van der Waals surface area contributed by atoms with E-state index >= 15 is 0 Å². The largest absolute Gasteiger partial charge is 0.495 e. The smallest absolute Gasteiger partial charge is 0.141 e. The zero-order chi connectivity index (χ0) is 12.8. The van der Waals surface area contributed by atoms with Crippen molar-refractivity contribution in [1.29, 1.82) is 5.26 Å². The zero-order valence-corrected chi connectivity index (χ0v) is 10.6. The minimum Gasteiger partial charge on any atom is -0.495 e. The van der Waals surface area contributed by atoms with Gasteiger partial charge in [-0.2, -0.15) is 5.26 Å². The lowest BCUT2D eigenvalue weighted by atomic mass is 9.94. The molecule has 0 bridgehead atoms.